The molecule has 0 atom stereocenters. The molecule has 0 saturated carbocycles. The Bertz CT molecular complexity index is 1170. The Hall–Kier alpha value is -3.03. The molecule has 3 aromatic rings. The summed E-state index contributed by atoms with van der Waals surface area (Å²) in [5.41, 5.74) is 13.0. The molecule has 7 heteroatoms. The molecule has 2 aromatic heterocycles. The Kier molecular flexibility index (Phi) is 4.40. The van der Waals surface area contributed by atoms with Crippen LogP contribution in [0.25, 0.3) is 22.3 Å². The summed E-state index contributed by atoms with van der Waals surface area (Å²) in [5, 5.41) is 0. The Morgan fingerprint density at radius 3 is 2.65 bits per heavy atom. The van der Waals surface area contributed by atoms with Crippen molar-refractivity contribution in [2.45, 2.75) is 12.5 Å². The summed E-state index contributed by atoms with van der Waals surface area (Å²) in [6.45, 7) is 6.82. The third kappa shape index (κ3) is 3.43. The minimum Gasteiger partial charge on any atom is -0.387 e. The van der Waals surface area contributed by atoms with Crippen LogP contribution in [-0.2, 0) is 6.42 Å². The molecule has 0 spiro atoms. The maximum atomic E-state index is 5.89. The molecule has 158 valence electrons. The number of benzene rings is 1. The van der Waals surface area contributed by atoms with Crippen molar-refractivity contribution < 1.29 is 0 Å². The third-order valence-corrected chi connectivity index (χ3v) is 6.82. The van der Waals surface area contributed by atoms with E-state index in [1.807, 2.05) is 12.3 Å². The number of piperazine rings is 1. The second-order valence-electron chi connectivity index (χ2n) is 8.95. The lowest BCUT2D eigenvalue weighted by Crippen LogP contribution is -2.63. The van der Waals surface area contributed by atoms with Crippen LogP contribution in [0.15, 0.2) is 47.6 Å². The van der Waals surface area contributed by atoms with Gasteiger partial charge in [-0.05, 0) is 36.9 Å². The first-order valence-corrected chi connectivity index (χ1v) is 11.0. The fourth-order valence-electron chi connectivity index (χ4n) is 4.78. The predicted octanol–water partition coefficient (Wildman–Crippen LogP) is 2.28. The average Bonchev–Trinajstić information content (AvgIpc) is 3.12. The van der Waals surface area contributed by atoms with E-state index in [0.29, 0.717) is 11.9 Å². The van der Waals surface area contributed by atoms with Crippen LogP contribution < -0.4 is 10.6 Å². The molecule has 2 saturated heterocycles. The number of pyridine rings is 2. The zero-order chi connectivity index (χ0) is 20.9. The highest BCUT2D eigenvalue weighted by molar-refractivity contribution is 5.92. The number of nitrogens with zero attached hydrogens (tertiary/aromatic N) is 6. The zero-order valence-electron chi connectivity index (χ0n) is 17.8. The van der Waals surface area contributed by atoms with Gasteiger partial charge in [-0.3, -0.25) is 9.88 Å². The first-order valence-electron chi connectivity index (χ1n) is 11.0. The number of rotatable bonds is 3. The van der Waals surface area contributed by atoms with Crippen molar-refractivity contribution in [2.24, 2.45) is 10.7 Å². The van der Waals surface area contributed by atoms with Gasteiger partial charge in [-0.25, -0.2) is 9.98 Å². The molecule has 1 aromatic carbocycles. The maximum Gasteiger partial charge on any atom is 0.104 e. The summed E-state index contributed by atoms with van der Waals surface area (Å²) >= 11 is 0. The SMILES string of the molecule is CN1CCN(C2CN(c3cnc4ccc(-c5ccc6c(c5)N=C(N)C6)nc4c3)C2)CC1. The van der Waals surface area contributed by atoms with Gasteiger partial charge in [0.25, 0.3) is 0 Å². The molecule has 0 unspecified atom stereocenters. The number of amidine groups is 1. The molecule has 2 fully saturated rings. The van der Waals surface area contributed by atoms with Gasteiger partial charge in [0.1, 0.15) is 5.84 Å². The number of hydrogen-bond donors (Lipinski definition) is 1. The molecule has 6 rings (SSSR count). The number of fused-ring (bicyclic) bond motifs is 2. The van der Waals surface area contributed by atoms with Gasteiger partial charge in [0.15, 0.2) is 0 Å². The molecule has 31 heavy (non-hydrogen) atoms. The normalized spacial score (nSPS) is 20.0. The fourth-order valence-corrected chi connectivity index (χ4v) is 4.78. The van der Waals surface area contributed by atoms with Crippen LogP contribution in [0.1, 0.15) is 5.56 Å². The Morgan fingerprint density at radius 1 is 0.968 bits per heavy atom. The summed E-state index contributed by atoms with van der Waals surface area (Å²) in [5.74, 6) is 0.678. The quantitative estimate of drug-likeness (QED) is 0.710. The Balaban J connectivity index is 1.22. The standard InChI is InChI=1S/C24H27N7/c1-29-6-8-30(9-7-29)19-14-31(15-19)18-12-23-21(26-13-18)5-4-20(27-23)16-2-3-17-11-24(25)28-22(17)10-16/h2-5,10,12-13,19H,6-9,11,14-15H2,1H3,(H2,25,28). The minimum atomic E-state index is 0.656. The average molecular weight is 414 g/mol. The maximum absolute atomic E-state index is 5.89. The summed E-state index contributed by atoms with van der Waals surface area (Å²) < 4.78 is 0. The van der Waals surface area contributed by atoms with Gasteiger partial charge >= 0.3 is 0 Å². The van der Waals surface area contributed by atoms with Crippen molar-refractivity contribution in [3.05, 3.63) is 48.2 Å². The lowest BCUT2D eigenvalue weighted by molar-refractivity contribution is 0.0963. The highest BCUT2D eigenvalue weighted by Gasteiger charge is 2.33. The molecular formula is C24H27N7. The summed E-state index contributed by atoms with van der Waals surface area (Å²) in [6, 6.07) is 13.2. The third-order valence-electron chi connectivity index (χ3n) is 6.82. The molecule has 0 aliphatic carbocycles. The predicted molar refractivity (Wildman–Crippen MR) is 125 cm³/mol. The van der Waals surface area contributed by atoms with E-state index in [4.69, 9.17) is 10.7 Å². The number of likely N-dealkylation sites (N-methyl/N-ethyl adjacent to an activating group) is 1. The summed E-state index contributed by atoms with van der Waals surface area (Å²) in [7, 11) is 2.21. The lowest BCUT2D eigenvalue weighted by atomic mass is 10.0. The van der Waals surface area contributed by atoms with Gasteiger partial charge in [0, 0.05) is 57.3 Å². The van der Waals surface area contributed by atoms with Gasteiger partial charge in [0.2, 0.25) is 0 Å². The van der Waals surface area contributed by atoms with E-state index in [9.17, 15) is 0 Å². The molecule has 3 aliphatic heterocycles. The van der Waals surface area contributed by atoms with Gasteiger partial charge in [-0.1, -0.05) is 12.1 Å². The molecular weight excluding hydrogens is 386 g/mol. The zero-order valence-corrected chi connectivity index (χ0v) is 17.8. The first-order chi connectivity index (χ1) is 15.1. The molecule has 3 aliphatic rings. The van der Waals surface area contributed by atoms with Crippen molar-refractivity contribution in [1.82, 2.24) is 19.8 Å². The number of anilines is 1. The molecule has 0 radical (unpaired) electrons. The van der Waals surface area contributed by atoms with Crippen LogP contribution in [0.4, 0.5) is 11.4 Å². The number of aromatic nitrogens is 2. The molecule has 5 heterocycles. The highest BCUT2D eigenvalue weighted by Crippen LogP contribution is 2.32. The van der Waals surface area contributed by atoms with Crippen molar-refractivity contribution in [3.63, 3.8) is 0 Å². The molecule has 0 amide bonds. The van der Waals surface area contributed by atoms with E-state index >= 15 is 0 Å². The lowest BCUT2D eigenvalue weighted by Gasteiger charge is -2.48. The van der Waals surface area contributed by atoms with E-state index < -0.39 is 0 Å². The summed E-state index contributed by atoms with van der Waals surface area (Å²) in [6.07, 6.45) is 2.72. The fraction of sp³-hybridized carbons (Fsp3) is 0.375. The van der Waals surface area contributed by atoms with E-state index in [1.165, 1.54) is 31.7 Å². The van der Waals surface area contributed by atoms with E-state index in [1.54, 1.807) is 0 Å². The van der Waals surface area contributed by atoms with Gasteiger partial charge in [-0.2, -0.15) is 0 Å². The van der Waals surface area contributed by atoms with Gasteiger partial charge in [0.05, 0.1) is 34.3 Å². The van der Waals surface area contributed by atoms with Crippen LogP contribution in [-0.4, -0.2) is 78.0 Å². The van der Waals surface area contributed by atoms with Crippen LogP contribution in [0.2, 0.25) is 0 Å². The number of hydrogen-bond acceptors (Lipinski definition) is 7. The molecule has 7 nitrogen and oxygen atoms in total. The Labute approximate surface area is 182 Å². The monoisotopic (exact) mass is 413 g/mol. The minimum absolute atomic E-state index is 0.656. The second kappa shape index (κ2) is 7.28. The van der Waals surface area contributed by atoms with Gasteiger partial charge < -0.3 is 15.5 Å². The molecule has 2 N–H and O–H groups in total. The number of aliphatic imine (C=N–C) groups is 1. The van der Waals surface area contributed by atoms with Gasteiger partial charge in [-0.15, -0.1) is 0 Å². The molecule has 0 bridgehead atoms. The highest BCUT2D eigenvalue weighted by atomic mass is 15.3. The Morgan fingerprint density at radius 2 is 1.81 bits per heavy atom. The van der Waals surface area contributed by atoms with E-state index in [-0.39, 0.29) is 0 Å². The van der Waals surface area contributed by atoms with Crippen molar-refractivity contribution in [2.75, 3.05) is 51.2 Å². The van der Waals surface area contributed by atoms with Crippen molar-refractivity contribution in [1.29, 1.82) is 0 Å². The van der Waals surface area contributed by atoms with E-state index in [2.05, 4.69) is 62.1 Å². The number of nitrogens with two attached hydrogens (primary N) is 1. The largest absolute Gasteiger partial charge is 0.387 e. The second-order valence-corrected chi connectivity index (χ2v) is 8.95. The van der Waals surface area contributed by atoms with Crippen LogP contribution in [0.5, 0.6) is 0 Å². The smallest absolute Gasteiger partial charge is 0.104 e. The topological polar surface area (TPSA) is 73.9 Å². The summed E-state index contributed by atoms with van der Waals surface area (Å²) in [4.78, 5) is 21.5. The van der Waals surface area contributed by atoms with Crippen LogP contribution in [0, 0.1) is 0 Å². The van der Waals surface area contributed by atoms with Crippen molar-refractivity contribution in [3.8, 4) is 11.3 Å². The van der Waals surface area contributed by atoms with Crippen LogP contribution >= 0.6 is 0 Å². The first kappa shape index (κ1) is 18.7. The van der Waals surface area contributed by atoms with Crippen LogP contribution in [0.3, 0.4) is 0 Å². The van der Waals surface area contributed by atoms with Crippen molar-refractivity contribution >= 4 is 28.2 Å². The van der Waals surface area contributed by atoms with E-state index in [0.717, 1.165) is 53.2 Å².